The molecule has 3 rings (SSSR count). The number of benzene rings is 2. The minimum atomic E-state index is -0.724. The zero-order chi connectivity index (χ0) is 13.4. The van der Waals surface area contributed by atoms with Crippen molar-refractivity contribution >= 4 is 17.4 Å². The largest absolute Gasteiger partial charge is 0.325 e. The quantitative estimate of drug-likeness (QED) is 0.659. The van der Waals surface area contributed by atoms with Crippen molar-refractivity contribution in [1.82, 2.24) is 0 Å². The smallest absolute Gasteiger partial charge is 0.239 e. The van der Waals surface area contributed by atoms with Gasteiger partial charge < -0.3 is 5.32 Å². The average molecular weight is 251 g/mol. The fourth-order valence-corrected chi connectivity index (χ4v) is 2.41. The molecule has 0 saturated carbocycles. The Labute approximate surface area is 111 Å². The SMILES string of the molecule is Cc1ccc2c(c1)NC(=O)C2C(=O)c1ccccc1. The maximum atomic E-state index is 12.4. The lowest BCUT2D eigenvalue weighted by Crippen LogP contribution is -2.20. The predicted molar refractivity (Wildman–Crippen MR) is 73.3 cm³/mol. The zero-order valence-corrected chi connectivity index (χ0v) is 10.5. The molecule has 1 heterocycles. The van der Waals surface area contributed by atoms with Gasteiger partial charge in [0.1, 0.15) is 5.92 Å². The van der Waals surface area contributed by atoms with Crippen LogP contribution in [0.15, 0.2) is 48.5 Å². The third-order valence-corrected chi connectivity index (χ3v) is 3.36. The van der Waals surface area contributed by atoms with Gasteiger partial charge in [0, 0.05) is 11.3 Å². The van der Waals surface area contributed by atoms with Gasteiger partial charge in [-0.3, -0.25) is 9.59 Å². The van der Waals surface area contributed by atoms with E-state index in [2.05, 4.69) is 5.32 Å². The van der Waals surface area contributed by atoms with Crippen LogP contribution >= 0.6 is 0 Å². The van der Waals surface area contributed by atoms with Crippen molar-refractivity contribution in [1.29, 1.82) is 0 Å². The number of nitrogens with one attached hydrogen (secondary N) is 1. The van der Waals surface area contributed by atoms with Crippen LogP contribution in [0.4, 0.5) is 5.69 Å². The van der Waals surface area contributed by atoms with Crippen molar-refractivity contribution in [2.75, 3.05) is 5.32 Å². The van der Waals surface area contributed by atoms with Crippen LogP contribution in [-0.4, -0.2) is 11.7 Å². The van der Waals surface area contributed by atoms with Crippen LogP contribution in [0.2, 0.25) is 0 Å². The highest BCUT2D eigenvalue weighted by molar-refractivity contribution is 6.21. The number of anilines is 1. The molecule has 0 aromatic heterocycles. The van der Waals surface area contributed by atoms with E-state index in [1.807, 2.05) is 31.2 Å². The maximum Gasteiger partial charge on any atom is 0.239 e. The molecule has 1 atom stereocenters. The third kappa shape index (κ3) is 1.93. The van der Waals surface area contributed by atoms with Gasteiger partial charge in [-0.25, -0.2) is 0 Å². The molecule has 19 heavy (non-hydrogen) atoms. The normalized spacial score (nSPS) is 16.9. The fraction of sp³-hybridized carbons (Fsp3) is 0.125. The highest BCUT2D eigenvalue weighted by Gasteiger charge is 2.36. The van der Waals surface area contributed by atoms with E-state index in [1.165, 1.54) is 0 Å². The molecule has 1 unspecified atom stereocenters. The van der Waals surface area contributed by atoms with E-state index in [4.69, 9.17) is 0 Å². The summed E-state index contributed by atoms with van der Waals surface area (Å²) < 4.78 is 0. The molecule has 0 saturated heterocycles. The Balaban J connectivity index is 2.03. The Bertz CT molecular complexity index is 662. The molecule has 2 aromatic rings. The van der Waals surface area contributed by atoms with Crippen molar-refractivity contribution in [3.05, 3.63) is 65.2 Å². The van der Waals surface area contributed by atoms with Gasteiger partial charge in [0.05, 0.1) is 0 Å². The Morgan fingerprint density at radius 1 is 1.11 bits per heavy atom. The molecule has 0 spiro atoms. The summed E-state index contributed by atoms with van der Waals surface area (Å²) in [5.41, 5.74) is 3.15. The van der Waals surface area contributed by atoms with Crippen LogP contribution in [0.1, 0.15) is 27.4 Å². The number of ketones is 1. The topological polar surface area (TPSA) is 46.2 Å². The van der Waals surface area contributed by atoms with Gasteiger partial charge in [-0.1, -0.05) is 42.5 Å². The number of amides is 1. The zero-order valence-electron chi connectivity index (χ0n) is 10.5. The summed E-state index contributed by atoms with van der Waals surface area (Å²) in [5, 5.41) is 2.78. The van der Waals surface area contributed by atoms with Crippen LogP contribution in [0.25, 0.3) is 0 Å². The number of hydrogen-bond acceptors (Lipinski definition) is 2. The Morgan fingerprint density at radius 2 is 1.84 bits per heavy atom. The van der Waals surface area contributed by atoms with Gasteiger partial charge in [0.25, 0.3) is 0 Å². The molecule has 1 aliphatic rings. The minimum Gasteiger partial charge on any atom is -0.325 e. The molecular formula is C16H13NO2. The van der Waals surface area contributed by atoms with E-state index in [0.29, 0.717) is 5.56 Å². The lowest BCUT2D eigenvalue weighted by Gasteiger charge is -2.07. The molecule has 1 aliphatic heterocycles. The molecule has 3 heteroatoms. The standard InChI is InChI=1S/C16H13NO2/c1-10-7-8-12-13(9-10)17-16(19)14(12)15(18)11-5-3-2-4-6-11/h2-9,14H,1H3,(H,17,19). The van der Waals surface area contributed by atoms with E-state index >= 15 is 0 Å². The summed E-state index contributed by atoms with van der Waals surface area (Å²) >= 11 is 0. The van der Waals surface area contributed by atoms with Crippen LogP contribution in [0, 0.1) is 6.92 Å². The molecule has 0 aliphatic carbocycles. The number of carbonyl (C=O) groups excluding carboxylic acids is 2. The first kappa shape index (κ1) is 11.7. The molecule has 2 aromatic carbocycles. The molecular weight excluding hydrogens is 238 g/mol. The Hall–Kier alpha value is -2.42. The van der Waals surface area contributed by atoms with Crippen molar-refractivity contribution in [2.24, 2.45) is 0 Å². The molecule has 0 bridgehead atoms. The van der Waals surface area contributed by atoms with E-state index in [0.717, 1.165) is 16.8 Å². The second kappa shape index (κ2) is 4.35. The summed E-state index contributed by atoms with van der Waals surface area (Å²) in [6.45, 7) is 1.96. The highest BCUT2D eigenvalue weighted by atomic mass is 16.2. The van der Waals surface area contributed by atoms with E-state index < -0.39 is 5.92 Å². The van der Waals surface area contributed by atoms with Gasteiger partial charge >= 0.3 is 0 Å². The Morgan fingerprint density at radius 3 is 2.58 bits per heavy atom. The van der Waals surface area contributed by atoms with Gasteiger partial charge in [0.15, 0.2) is 5.78 Å². The monoisotopic (exact) mass is 251 g/mol. The molecule has 94 valence electrons. The lowest BCUT2D eigenvalue weighted by molar-refractivity contribution is -0.116. The number of hydrogen-bond donors (Lipinski definition) is 1. The predicted octanol–water partition coefficient (Wildman–Crippen LogP) is 2.91. The third-order valence-electron chi connectivity index (χ3n) is 3.36. The van der Waals surface area contributed by atoms with Gasteiger partial charge in [0.2, 0.25) is 5.91 Å². The van der Waals surface area contributed by atoms with Crippen molar-refractivity contribution in [3.8, 4) is 0 Å². The van der Waals surface area contributed by atoms with Crippen LogP contribution in [0.5, 0.6) is 0 Å². The minimum absolute atomic E-state index is 0.152. The van der Waals surface area contributed by atoms with Gasteiger partial charge in [-0.15, -0.1) is 0 Å². The van der Waals surface area contributed by atoms with E-state index in [1.54, 1.807) is 24.3 Å². The summed E-state index contributed by atoms with van der Waals surface area (Å²) in [6, 6.07) is 14.6. The maximum absolute atomic E-state index is 12.4. The van der Waals surface area contributed by atoms with Crippen molar-refractivity contribution in [3.63, 3.8) is 0 Å². The number of fused-ring (bicyclic) bond motifs is 1. The van der Waals surface area contributed by atoms with Crippen LogP contribution in [0.3, 0.4) is 0 Å². The van der Waals surface area contributed by atoms with Crippen molar-refractivity contribution in [2.45, 2.75) is 12.8 Å². The van der Waals surface area contributed by atoms with Crippen LogP contribution in [-0.2, 0) is 4.79 Å². The van der Waals surface area contributed by atoms with E-state index in [-0.39, 0.29) is 11.7 Å². The Kier molecular flexibility index (Phi) is 2.67. The number of aryl methyl sites for hydroxylation is 1. The van der Waals surface area contributed by atoms with Crippen LogP contribution < -0.4 is 5.32 Å². The van der Waals surface area contributed by atoms with Gasteiger partial charge in [-0.05, 0) is 24.1 Å². The first-order valence-corrected chi connectivity index (χ1v) is 6.17. The highest BCUT2D eigenvalue weighted by Crippen LogP contribution is 2.35. The molecule has 1 amide bonds. The first-order chi connectivity index (χ1) is 9.16. The average Bonchev–Trinajstić information content (AvgIpc) is 2.74. The first-order valence-electron chi connectivity index (χ1n) is 6.17. The number of rotatable bonds is 2. The second-order valence-corrected chi connectivity index (χ2v) is 4.74. The summed E-state index contributed by atoms with van der Waals surface area (Å²) in [5.74, 6) is -1.12. The lowest BCUT2D eigenvalue weighted by atomic mass is 9.91. The van der Waals surface area contributed by atoms with Crippen molar-refractivity contribution < 1.29 is 9.59 Å². The molecule has 0 fully saturated rings. The van der Waals surface area contributed by atoms with E-state index in [9.17, 15) is 9.59 Å². The van der Waals surface area contributed by atoms with Gasteiger partial charge in [-0.2, -0.15) is 0 Å². The number of Topliss-reactive ketones (excluding diaryl/α,β-unsaturated/α-hetero) is 1. The summed E-state index contributed by atoms with van der Waals surface area (Å²) in [6.07, 6.45) is 0. The second-order valence-electron chi connectivity index (χ2n) is 4.74. The molecule has 0 radical (unpaired) electrons. The summed E-state index contributed by atoms with van der Waals surface area (Å²) in [4.78, 5) is 24.5. The molecule has 1 N–H and O–H groups in total. The molecule has 3 nitrogen and oxygen atoms in total. The fourth-order valence-electron chi connectivity index (χ4n) is 2.41. The summed E-state index contributed by atoms with van der Waals surface area (Å²) in [7, 11) is 0. The number of carbonyl (C=O) groups is 2.